The second kappa shape index (κ2) is 6.13. The Labute approximate surface area is 105 Å². The van der Waals surface area contributed by atoms with Crippen molar-refractivity contribution in [3.8, 4) is 0 Å². The zero-order chi connectivity index (χ0) is 13.7. The van der Waals surface area contributed by atoms with Crippen LogP contribution in [-0.2, 0) is 13.5 Å². The molecule has 1 amide bonds. The summed E-state index contributed by atoms with van der Waals surface area (Å²) in [6, 6.07) is 0. The smallest absolute Gasteiger partial charge is 0.323 e. The number of carbonyl (C=O) groups excluding carboxylic acids is 1. The number of hydrogen-bond donors (Lipinski definition) is 1. The minimum atomic E-state index is -0.541. The fourth-order valence-corrected chi connectivity index (χ4v) is 1.72. The number of unbranched alkanes of at least 4 members (excludes halogenated alkanes) is 1. The van der Waals surface area contributed by atoms with Crippen LogP contribution in [0.15, 0.2) is 0 Å². The first-order valence-corrected chi connectivity index (χ1v) is 6.01. The molecule has 0 saturated carbocycles. The van der Waals surface area contributed by atoms with Gasteiger partial charge in [0, 0.05) is 13.6 Å². The number of nitrogens with one attached hydrogen (secondary N) is 1. The van der Waals surface area contributed by atoms with Crippen molar-refractivity contribution in [1.29, 1.82) is 0 Å². The lowest BCUT2D eigenvalue weighted by Crippen LogP contribution is -2.27. The summed E-state index contributed by atoms with van der Waals surface area (Å²) < 4.78 is 1.28. The lowest BCUT2D eigenvalue weighted by atomic mass is 10.2. The van der Waals surface area contributed by atoms with E-state index in [9.17, 15) is 14.9 Å². The molecular weight excluding hydrogens is 236 g/mol. The van der Waals surface area contributed by atoms with Crippen LogP contribution in [0.5, 0.6) is 0 Å². The third-order valence-electron chi connectivity index (χ3n) is 2.64. The van der Waals surface area contributed by atoms with E-state index in [1.807, 2.05) is 6.92 Å². The third-order valence-corrected chi connectivity index (χ3v) is 2.64. The van der Waals surface area contributed by atoms with Gasteiger partial charge in [-0.1, -0.05) is 20.3 Å². The highest BCUT2D eigenvalue weighted by Gasteiger charge is 2.29. The molecule has 0 saturated heterocycles. The Morgan fingerprint density at radius 3 is 2.67 bits per heavy atom. The van der Waals surface area contributed by atoms with Crippen molar-refractivity contribution in [2.24, 2.45) is 7.05 Å². The largest absolute Gasteiger partial charge is 0.350 e. The van der Waals surface area contributed by atoms with E-state index in [-0.39, 0.29) is 11.4 Å². The molecule has 0 fully saturated rings. The second-order valence-electron chi connectivity index (χ2n) is 3.99. The molecule has 1 aromatic rings. The molecule has 0 spiro atoms. The van der Waals surface area contributed by atoms with E-state index in [1.54, 1.807) is 14.0 Å². The molecule has 1 aromatic heterocycles. The van der Waals surface area contributed by atoms with Crippen LogP contribution in [0.25, 0.3) is 0 Å². The van der Waals surface area contributed by atoms with Gasteiger partial charge in [-0.25, -0.2) is 0 Å². The van der Waals surface area contributed by atoms with Gasteiger partial charge in [-0.2, -0.15) is 5.10 Å². The van der Waals surface area contributed by atoms with Gasteiger partial charge in [-0.15, -0.1) is 0 Å². The second-order valence-corrected chi connectivity index (χ2v) is 3.99. The Balaban J connectivity index is 3.03. The Kier molecular flexibility index (Phi) is 4.82. The highest BCUT2D eigenvalue weighted by molar-refractivity contribution is 5.96. The summed E-state index contributed by atoms with van der Waals surface area (Å²) in [5.74, 6) is -0.440. The van der Waals surface area contributed by atoms with E-state index in [2.05, 4.69) is 10.4 Å². The van der Waals surface area contributed by atoms with Gasteiger partial charge in [0.25, 0.3) is 5.91 Å². The molecule has 1 heterocycles. The maximum atomic E-state index is 11.9. The van der Waals surface area contributed by atoms with Crippen LogP contribution in [0.2, 0.25) is 0 Å². The lowest BCUT2D eigenvalue weighted by molar-refractivity contribution is -0.385. The average Bonchev–Trinajstić information content (AvgIpc) is 2.66. The topological polar surface area (TPSA) is 90.1 Å². The van der Waals surface area contributed by atoms with Crippen molar-refractivity contribution >= 4 is 11.6 Å². The van der Waals surface area contributed by atoms with Crippen molar-refractivity contribution in [3.63, 3.8) is 0 Å². The summed E-state index contributed by atoms with van der Waals surface area (Å²) in [6.45, 7) is 4.29. The van der Waals surface area contributed by atoms with E-state index < -0.39 is 10.8 Å². The minimum absolute atomic E-state index is 0.0213. The molecule has 0 aliphatic heterocycles. The number of nitrogens with zero attached hydrogens (tertiary/aromatic N) is 3. The summed E-state index contributed by atoms with van der Waals surface area (Å²) in [4.78, 5) is 22.4. The fourth-order valence-electron chi connectivity index (χ4n) is 1.72. The molecule has 0 aromatic carbocycles. The van der Waals surface area contributed by atoms with Gasteiger partial charge < -0.3 is 5.32 Å². The first kappa shape index (κ1) is 14.1. The van der Waals surface area contributed by atoms with Crippen LogP contribution in [0.1, 0.15) is 42.9 Å². The van der Waals surface area contributed by atoms with Gasteiger partial charge in [0.15, 0.2) is 0 Å². The number of carbonyl (C=O) groups is 1. The van der Waals surface area contributed by atoms with E-state index >= 15 is 0 Å². The summed E-state index contributed by atoms with van der Waals surface area (Å²) >= 11 is 0. The van der Waals surface area contributed by atoms with Crippen LogP contribution >= 0.6 is 0 Å². The van der Waals surface area contributed by atoms with Gasteiger partial charge in [-0.3, -0.25) is 19.6 Å². The molecule has 0 radical (unpaired) electrons. The average molecular weight is 254 g/mol. The van der Waals surface area contributed by atoms with Crippen LogP contribution in [0.4, 0.5) is 5.69 Å². The van der Waals surface area contributed by atoms with Crippen molar-refractivity contribution < 1.29 is 9.72 Å². The zero-order valence-corrected chi connectivity index (χ0v) is 10.9. The molecule has 18 heavy (non-hydrogen) atoms. The maximum Gasteiger partial charge on any atom is 0.323 e. The number of hydrogen-bond acceptors (Lipinski definition) is 4. The molecule has 7 heteroatoms. The predicted molar refractivity (Wildman–Crippen MR) is 66.5 cm³/mol. The van der Waals surface area contributed by atoms with Crippen molar-refractivity contribution in [3.05, 3.63) is 21.5 Å². The number of amides is 1. The number of rotatable bonds is 6. The highest BCUT2D eigenvalue weighted by atomic mass is 16.6. The fraction of sp³-hybridized carbons (Fsp3) is 0.636. The monoisotopic (exact) mass is 254 g/mol. The Bertz CT molecular complexity index is 453. The Hall–Kier alpha value is -1.92. The number of aryl methyl sites for hydroxylation is 2. The third kappa shape index (κ3) is 2.85. The van der Waals surface area contributed by atoms with Gasteiger partial charge in [0.2, 0.25) is 5.69 Å². The lowest BCUT2D eigenvalue weighted by Gasteiger charge is -2.03. The molecule has 100 valence electrons. The van der Waals surface area contributed by atoms with Crippen molar-refractivity contribution in [2.75, 3.05) is 6.54 Å². The van der Waals surface area contributed by atoms with Crippen molar-refractivity contribution in [1.82, 2.24) is 15.1 Å². The van der Waals surface area contributed by atoms with E-state index in [0.29, 0.717) is 18.7 Å². The molecule has 0 bridgehead atoms. The standard InChI is InChI=1S/C11H18N4O3/c1-4-6-7-12-11(16)10-9(15(17)18)8(5-2)13-14(10)3/h4-7H2,1-3H3,(H,12,16). The van der Waals surface area contributed by atoms with E-state index in [1.165, 1.54) is 4.68 Å². The quantitative estimate of drug-likeness (QED) is 0.472. The summed E-state index contributed by atoms with van der Waals surface area (Å²) in [5.41, 5.74) is 0.171. The zero-order valence-electron chi connectivity index (χ0n) is 10.9. The van der Waals surface area contributed by atoms with Gasteiger partial charge in [0.1, 0.15) is 5.69 Å². The first-order valence-electron chi connectivity index (χ1n) is 6.01. The highest BCUT2D eigenvalue weighted by Crippen LogP contribution is 2.23. The molecule has 7 nitrogen and oxygen atoms in total. The molecule has 1 N–H and O–H groups in total. The number of nitro groups is 1. The normalized spacial score (nSPS) is 10.4. The van der Waals surface area contributed by atoms with Gasteiger partial charge in [0.05, 0.1) is 4.92 Å². The first-order chi connectivity index (χ1) is 8.52. The molecule has 0 unspecified atom stereocenters. The predicted octanol–water partition coefficient (Wildman–Crippen LogP) is 1.42. The maximum absolute atomic E-state index is 11.9. The van der Waals surface area contributed by atoms with Crippen LogP contribution in [-0.4, -0.2) is 27.2 Å². The van der Waals surface area contributed by atoms with E-state index in [4.69, 9.17) is 0 Å². The van der Waals surface area contributed by atoms with Crippen LogP contribution in [0.3, 0.4) is 0 Å². The molecule has 1 rings (SSSR count). The van der Waals surface area contributed by atoms with Crippen LogP contribution in [0, 0.1) is 10.1 Å². The molecular formula is C11H18N4O3. The van der Waals surface area contributed by atoms with Gasteiger partial charge >= 0.3 is 5.69 Å². The Morgan fingerprint density at radius 1 is 1.50 bits per heavy atom. The molecule has 0 aliphatic rings. The SMILES string of the molecule is CCCCNC(=O)c1c([N+](=O)[O-])c(CC)nn1C. The summed E-state index contributed by atoms with van der Waals surface area (Å²) in [5, 5.41) is 17.7. The van der Waals surface area contributed by atoms with Gasteiger partial charge in [-0.05, 0) is 12.8 Å². The number of aromatic nitrogens is 2. The summed E-state index contributed by atoms with van der Waals surface area (Å²) in [6.07, 6.45) is 2.22. The van der Waals surface area contributed by atoms with E-state index in [0.717, 1.165) is 12.8 Å². The van der Waals surface area contributed by atoms with Crippen LogP contribution < -0.4 is 5.32 Å². The Morgan fingerprint density at radius 2 is 2.17 bits per heavy atom. The summed E-state index contributed by atoms with van der Waals surface area (Å²) in [7, 11) is 1.54. The molecule has 0 aliphatic carbocycles. The molecule has 0 atom stereocenters. The van der Waals surface area contributed by atoms with Crippen molar-refractivity contribution in [2.45, 2.75) is 33.1 Å². The minimum Gasteiger partial charge on any atom is -0.350 e.